The van der Waals surface area contributed by atoms with Gasteiger partial charge in [-0.15, -0.1) is 11.3 Å². The number of carbonyl (C=O) groups is 1. The predicted octanol–water partition coefficient (Wildman–Crippen LogP) is 5.53. The Morgan fingerprint density at radius 2 is 1.97 bits per heavy atom. The zero-order chi connectivity index (χ0) is 23.5. The molecular weight excluding hydrogens is 452 g/mol. The summed E-state index contributed by atoms with van der Waals surface area (Å²) in [6.45, 7) is 3.87. The van der Waals surface area contributed by atoms with Crippen molar-refractivity contribution >= 4 is 22.4 Å². The van der Waals surface area contributed by atoms with Gasteiger partial charge in [0, 0.05) is 16.5 Å². The average Bonchev–Trinajstić information content (AvgIpc) is 3.40. The molecule has 0 spiro atoms. The largest absolute Gasteiger partial charge is 0.493 e. The Hall–Kier alpha value is -3.79. The molecule has 0 radical (unpaired) electrons. The Kier molecular flexibility index (Phi) is 6.36. The van der Waals surface area contributed by atoms with Crippen LogP contribution in [0.1, 0.15) is 27.4 Å². The molecular formula is C23H19F2N3O4S. The molecule has 0 saturated heterocycles. The molecule has 0 aliphatic carbocycles. The highest BCUT2D eigenvalue weighted by Gasteiger charge is 2.16. The highest BCUT2D eigenvalue weighted by Crippen LogP contribution is 2.31. The monoisotopic (exact) mass is 471 g/mol. The molecule has 1 amide bonds. The second kappa shape index (κ2) is 9.37. The highest BCUT2D eigenvalue weighted by atomic mass is 32.1. The van der Waals surface area contributed by atoms with Crippen LogP contribution >= 0.6 is 11.3 Å². The van der Waals surface area contributed by atoms with Gasteiger partial charge in [-0.2, -0.15) is 0 Å². The van der Waals surface area contributed by atoms with Gasteiger partial charge in [0.25, 0.3) is 5.91 Å². The van der Waals surface area contributed by atoms with Crippen LogP contribution in [0.4, 0.5) is 13.9 Å². The number of hydrogen-bond acceptors (Lipinski definition) is 7. The molecule has 33 heavy (non-hydrogen) atoms. The lowest BCUT2D eigenvalue weighted by Gasteiger charge is -2.12. The van der Waals surface area contributed by atoms with Crippen LogP contribution in [-0.4, -0.2) is 23.2 Å². The van der Waals surface area contributed by atoms with Crippen molar-refractivity contribution in [2.75, 3.05) is 12.4 Å². The van der Waals surface area contributed by atoms with Crippen LogP contribution in [-0.2, 0) is 6.61 Å². The normalized spacial score (nSPS) is 10.8. The molecule has 0 saturated carbocycles. The van der Waals surface area contributed by atoms with E-state index < -0.39 is 17.5 Å². The summed E-state index contributed by atoms with van der Waals surface area (Å²) in [6.07, 6.45) is 0. The minimum Gasteiger partial charge on any atom is -0.493 e. The summed E-state index contributed by atoms with van der Waals surface area (Å²) < 4.78 is 43.8. The van der Waals surface area contributed by atoms with Gasteiger partial charge in [-0.05, 0) is 50.2 Å². The maximum atomic E-state index is 14.0. The zero-order valence-electron chi connectivity index (χ0n) is 17.9. The molecule has 7 nitrogen and oxygen atoms in total. The number of nitrogens with zero attached hydrogens (tertiary/aromatic N) is 2. The second-order valence-corrected chi connectivity index (χ2v) is 7.93. The van der Waals surface area contributed by atoms with E-state index in [2.05, 4.69) is 15.5 Å². The van der Waals surface area contributed by atoms with E-state index >= 15 is 0 Å². The number of rotatable bonds is 7. The average molecular weight is 471 g/mol. The molecule has 4 aromatic rings. The number of thiazole rings is 1. The van der Waals surface area contributed by atoms with Crippen molar-refractivity contribution in [2.45, 2.75) is 20.5 Å². The van der Waals surface area contributed by atoms with E-state index in [0.29, 0.717) is 22.8 Å². The SMILES string of the molecule is COc1cc(C(=O)Nc2nc(-c3cc(F)ccc3F)cs2)ccc1OCc1c(C)noc1C. The number of amides is 1. The number of benzene rings is 2. The van der Waals surface area contributed by atoms with E-state index in [1.54, 1.807) is 30.5 Å². The molecule has 0 bridgehead atoms. The number of anilines is 1. The van der Waals surface area contributed by atoms with Crippen molar-refractivity contribution in [3.8, 4) is 22.8 Å². The molecule has 2 heterocycles. The van der Waals surface area contributed by atoms with Crippen LogP contribution in [0.5, 0.6) is 11.5 Å². The van der Waals surface area contributed by atoms with Gasteiger partial charge in [-0.25, -0.2) is 13.8 Å². The van der Waals surface area contributed by atoms with Gasteiger partial charge < -0.3 is 14.0 Å². The van der Waals surface area contributed by atoms with E-state index in [0.717, 1.165) is 40.8 Å². The Balaban J connectivity index is 1.47. The van der Waals surface area contributed by atoms with Crippen molar-refractivity contribution < 1.29 is 27.6 Å². The number of methoxy groups -OCH3 is 1. The fourth-order valence-corrected chi connectivity index (χ4v) is 3.81. The smallest absolute Gasteiger partial charge is 0.257 e. The summed E-state index contributed by atoms with van der Waals surface area (Å²) in [7, 11) is 1.47. The molecule has 0 aliphatic heterocycles. The summed E-state index contributed by atoms with van der Waals surface area (Å²) in [6, 6.07) is 7.87. The lowest BCUT2D eigenvalue weighted by molar-refractivity contribution is 0.102. The highest BCUT2D eigenvalue weighted by molar-refractivity contribution is 7.14. The number of hydrogen-bond donors (Lipinski definition) is 1. The summed E-state index contributed by atoms with van der Waals surface area (Å²) in [5.74, 6) is -0.122. The van der Waals surface area contributed by atoms with Gasteiger partial charge in [0.1, 0.15) is 24.0 Å². The van der Waals surface area contributed by atoms with Crippen molar-refractivity contribution in [1.82, 2.24) is 10.1 Å². The molecule has 0 atom stereocenters. The number of ether oxygens (including phenoxy) is 2. The molecule has 0 fully saturated rings. The van der Waals surface area contributed by atoms with E-state index in [1.807, 2.05) is 6.92 Å². The van der Waals surface area contributed by atoms with E-state index in [9.17, 15) is 13.6 Å². The van der Waals surface area contributed by atoms with Crippen molar-refractivity contribution in [2.24, 2.45) is 0 Å². The van der Waals surface area contributed by atoms with Gasteiger partial charge in [0.15, 0.2) is 16.6 Å². The maximum absolute atomic E-state index is 14.0. The first-order chi connectivity index (χ1) is 15.9. The van der Waals surface area contributed by atoms with E-state index in [-0.39, 0.29) is 23.0 Å². The lowest BCUT2D eigenvalue weighted by Crippen LogP contribution is -2.12. The second-order valence-electron chi connectivity index (χ2n) is 7.07. The summed E-state index contributed by atoms with van der Waals surface area (Å²) in [4.78, 5) is 16.9. The van der Waals surface area contributed by atoms with Crippen LogP contribution in [0, 0.1) is 25.5 Å². The molecule has 2 aromatic heterocycles. The zero-order valence-corrected chi connectivity index (χ0v) is 18.8. The minimum absolute atomic E-state index is 0.0215. The van der Waals surface area contributed by atoms with E-state index in [4.69, 9.17) is 14.0 Å². The molecule has 2 aromatic carbocycles. The van der Waals surface area contributed by atoms with Crippen LogP contribution < -0.4 is 14.8 Å². The third kappa shape index (κ3) is 4.85. The summed E-state index contributed by atoms with van der Waals surface area (Å²) in [5, 5.41) is 8.34. The fourth-order valence-electron chi connectivity index (χ4n) is 3.10. The Labute approximate surface area is 192 Å². The Bertz CT molecular complexity index is 1300. The number of aromatic nitrogens is 2. The van der Waals surface area contributed by atoms with Crippen LogP contribution in [0.3, 0.4) is 0 Å². The standard InChI is InChI=1S/C23H19F2N3O4S/c1-12-17(13(2)32-28-12)10-31-20-7-4-14(8-21(20)30-3)22(29)27-23-26-19(11-33-23)16-9-15(24)5-6-18(16)25/h4-9,11H,10H2,1-3H3,(H,26,27,29). The predicted molar refractivity (Wildman–Crippen MR) is 119 cm³/mol. The van der Waals surface area contributed by atoms with Crippen molar-refractivity contribution in [3.63, 3.8) is 0 Å². The lowest BCUT2D eigenvalue weighted by atomic mass is 10.1. The van der Waals surface area contributed by atoms with Gasteiger partial charge in [-0.1, -0.05) is 5.16 Å². The first-order valence-electron chi connectivity index (χ1n) is 9.80. The minimum atomic E-state index is -0.600. The van der Waals surface area contributed by atoms with Crippen LogP contribution in [0.15, 0.2) is 46.3 Å². The van der Waals surface area contributed by atoms with Crippen LogP contribution in [0.2, 0.25) is 0 Å². The Morgan fingerprint density at radius 3 is 2.70 bits per heavy atom. The quantitative estimate of drug-likeness (QED) is 0.381. The van der Waals surface area contributed by atoms with Gasteiger partial charge in [0.2, 0.25) is 0 Å². The van der Waals surface area contributed by atoms with Crippen molar-refractivity contribution in [3.05, 3.63) is 76.0 Å². The molecule has 1 N–H and O–H groups in total. The van der Waals surface area contributed by atoms with Gasteiger partial charge in [-0.3, -0.25) is 10.1 Å². The molecule has 10 heteroatoms. The fraction of sp³-hybridized carbons (Fsp3) is 0.174. The van der Waals surface area contributed by atoms with E-state index in [1.165, 1.54) is 7.11 Å². The van der Waals surface area contributed by atoms with Crippen LogP contribution in [0.25, 0.3) is 11.3 Å². The first-order valence-corrected chi connectivity index (χ1v) is 10.7. The Morgan fingerprint density at radius 1 is 1.15 bits per heavy atom. The number of halogens is 2. The third-order valence-electron chi connectivity index (χ3n) is 4.91. The molecule has 4 rings (SSSR count). The first kappa shape index (κ1) is 22.4. The molecule has 0 unspecified atom stereocenters. The summed E-state index contributed by atoms with van der Waals surface area (Å²) >= 11 is 1.10. The summed E-state index contributed by atoms with van der Waals surface area (Å²) in [5.41, 5.74) is 2.14. The topological polar surface area (TPSA) is 86.5 Å². The number of nitrogens with one attached hydrogen (secondary N) is 1. The number of carbonyl (C=O) groups excluding carboxylic acids is 1. The van der Waals surface area contributed by atoms with Crippen molar-refractivity contribution in [1.29, 1.82) is 0 Å². The third-order valence-corrected chi connectivity index (χ3v) is 5.67. The molecule has 0 aliphatic rings. The van der Waals surface area contributed by atoms with Gasteiger partial charge >= 0.3 is 0 Å². The van der Waals surface area contributed by atoms with Gasteiger partial charge in [0.05, 0.1) is 24.1 Å². The maximum Gasteiger partial charge on any atom is 0.257 e. The molecule has 170 valence electrons. The number of aryl methyl sites for hydroxylation is 2.